The van der Waals surface area contributed by atoms with E-state index in [4.69, 9.17) is 4.74 Å². The first-order valence-electron chi connectivity index (χ1n) is 12.8. The van der Waals surface area contributed by atoms with E-state index in [-0.39, 0.29) is 35.7 Å². The number of esters is 1. The van der Waals surface area contributed by atoms with E-state index in [2.05, 4.69) is 0 Å². The Hall–Kier alpha value is -3.70. The van der Waals surface area contributed by atoms with Crippen molar-refractivity contribution in [2.45, 2.75) is 51.3 Å². The highest BCUT2D eigenvalue weighted by molar-refractivity contribution is 8.03. The monoisotopic (exact) mass is 553 g/mol. The second-order valence-corrected chi connectivity index (χ2v) is 10.6. The zero-order valence-corrected chi connectivity index (χ0v) is 23.0. The number of rotatable bonds is 10. The molecule has 2 heterocycles. The van der Waals surface area contributed by atoms with Crippen LogP contribution in [0.25, 0.3) is 0 Å². The van der Waals surface area contributed by atoms with Crippen LogP contribution in [0.2, 0.25) is 0 Å². The highest BCUT2D eigenvalue weighted by Crippen LogP contribution is 2.52. The molecule has 10 nitrogen and oxygen atoms in total. The molecule has 0 aliphatic carbocycles. The molecule has 206 valence electrons. The lowest BCUT2D eigenvalue weighted by molar-refractivity contribution is -0.384. The molecule has 2 aliphatic heterocycles. The topological polar surface area (TPSA) is 130 Å². The number of ether oxygens (including phenoxy) is 1. The first-order chi connectivity index (χ1) is 18.6. The molecule has 1 saturated heterocycles. The molecule has 3 unspecified atom stereocenters. The van der Waals surface area contributed by atoms with E-state index in [0.29, 0.717) is 34.0 Å². The highest BCUT2D eigenvalue weighted by Gasteiger charge is 2.60. The van der Waals surface area contributed by atoms with Crippen molar-refractivity contribution in [2.24, 2.45) is 11.8 Å². The summed E-state index contributed by atoms with van der Waals surface area (Å²) in [6.07, 6.45) is -0.889. The van der Waals surface area contributed by atoms with Gasteiger partial charge in [0.1, 0.15) is 12.3 Å². The van der Waals surface area contributed by atoms with Gasteiger partial charge >= 0.3 is 5.97 Å². The Morgan fingerprint density at radius 3 is 2.38 bits per heavy atom. The Morgan fingerprint density at radius 2 is 1.79 bits per heavy atom. The van der Waals surface area contributed by atoms with Crippen LogP contribution in [0.1, 0.15) is 43.6 Å². The maximum absolute atomic E-state index is 13.4. The molecule has 2 aromatic carbocycles. The van der Waals surface area contributed by atoms with E-state index in [9.17, 15) is 29.6 Å². The van der Waals surface area contributed by atoms with Crippen LogP contribution in [0.15, 0.2) is 64.0 Å². The summed E-state index contributed by atoms with van der Waals surface area (Å²) in [6.45, 7) is 8.23. The third kappa shape index (κ3) is 5.28. The normalized spacial score (nSPS) is 20.8. The number of non-ortho nitro benzene ring substituents is 1. The lowest BCUT2D eigenvalue weighted by Gasteiger charge is -2.46. The van der Waals surface area contributed by atoms with E-state index in [1.54, 1.807) is 24.0 Å². The summed E-state index contributed by atoms with van der Waals surface area (Å²) >= 11 is 1.26. The number of aliphatic hydroxyl groups excluding tert-OH is 1. The van der Waals surface area contributed by atoms with Gasteiger partial charge in [0.15, 0.2) is 0 Å². The molecule has 0 aromatic heterocycles. The minimum absolute atomic E-state index is 0.0767. The van der Waals surface area contributed by atoms with Gasteiger partial charge in [-0.15, -0.1) is 0 Å². The maximum Gasteiger partial charge on any atom is 0.356 e. The largest absolute Gasteiger partial charge is 0.456 e. The van der Waals surface area contributed by atoms with Crippen LogP contribution in [0.4, 0.5) is 5.69 Å². The first-order valence-corrected chi connectivity index (χ1v) is 13.6. The number of nitro groups is 1. The van der Waals surface area contributed by atoms with Crippen LogP contribution < -0.4 is 0 Å². The van der Waals surface area contributed by atoms with E-state index >= 15 is 0 Å². The van der Waals surface area contributed by atoms with Gasteiger partial charge in [-0.05, 0) is 50.6 Å². The number of hydrogen-bond acceptors (Lipinski definition) is 8. The summed E-state index contributed by atoms with van der Waals surface area (Å²) in [7, 11) is 0. The predicted octanol–water partition coefficient (Wildman–Crippen LogP) is 3.98. The number of β-lactam (4-membered cyclic amide) rings is 1. The van der Waals surface area contributed by atoms with Crippen LogP contribution in [0.5, 0.6) is 0 Å². The SMILES string of the molecule is CCN(CC)C(=O)c1ccccc1SC1=C(C(=O)OCc2ccc([N+](=O)[O-])cc2)N2C(=O)C(C(C)O)[C@H]2C1C. The van der Waals surface area contributed by atoms with Crippen molar-refractivity contribution in [3.05, 3.63) is 80.4 Å². The molecule has 4 atom stereocenters. The zero-order chi connectivity index (χ0) is 28.4. The lowest BCUT2D eigenvalue weighted by atomic mass is 9.79. The Labute approximate surface area is 230 Å². The Balaban J connectivity index is 1.66. The smallest absolute Gasteiger partial charge is 0.356 e. The predicted molar refractivity (Wildman–Crippen MR) is 144 cm³/mol. The summed E-state index contributed by atoms with van der Waals surface area (Å²) < 4.78 is 5.56. The Kier molecular flexibility index (Phi) is 8.41. The minimum atomic E-state index is -0.889. The van der Waals surface area contributed by atoms with E-state index in [1.807, 2.05) is 32.9 Å². The van der Waals surface area contributed by atoms with Crippen molar-refractivity contribution >= 4 is 35.2 Å². The first kappa shape index (κ1) is 28.3. The van der Waals surface area contributed by atoms with Crippen molar-refractivity contribution in [2.75, 3.05) is 13.1 Å². The number of nitrogens with zero attached hydrogens (tertiary/aromatic N) is 3. The highest BCUT2D eigenvalue weighted by atomic mass is 32.2. The van der Waals surface area contributed by atoms with Crippen LogP contribution in [-0.4, -0.2) is 62.8 Å². The molecule has 0 saturated carbocycles. The maximum atomic E-state index is 13.4. The van der Waals surface area contributed by atoms with Crippen molar-refractivity contribution < 1.29 is 29.2 Å². The van der Waals surface area contributed by atoms with Gasteiger partial charge in [0, 0.05) is 40.9 Å². The summed E-state index contributed by atoms with van der Waals surface area (Å²) in [5, 5.41) is 21.2. The Bertz CT molecular complexity index is 1320. The van der Waals surface area contributed by atoms with E-state index in [0.717, 1.165) is 0 Å². The molecule has 39 heavy (non-hydrogen) atoms. The van der Waals surface area contributed by atoms with Crippen molar-refractivity contribution in [1.82, 2.24) is 9.80 Å². The van der Waals surface area contributed by atoms with Gasteiger partial charge < -0.3 is 19.6 Å². The number of benzene rings is 2. The fraction of sp³-hybridized carbons (Fsp3) is 0.393. The number of aliphatic hydroxyl groups is 1. The molecule has 0 bridgehead atoms. The fourth-order valence-corrected chi connectivity index (χ4v) is 6.36. The van der Waals surface area contributed by atoms with Crippen molar-refractivity contribution in [3.63, 3.8) is 0 Å². The molecule has 1 N–H and O–H groups in total. The molecule has 11 heteroatoms. The van der Waals surface area contributed by atoms with E-state index in [1.165, 1.54) is 40.9 Å². The summed E-state index contributed by atoms with van der Waals surface area (Å²) in [5.41, 5.74) is 1.08. The van der Waals surface area contributed by atoms with Crippen LogP contribution >= 0.6 is 11.8 Å². The molecule has 1 fully saturated rings. The summed E-state index contributed by atoms with van der Waals surface area (Å²) in [5.74, 6) is -2.13. The van der Waals surface area contributed by atoms with Gasteiger partial charge in [-0.25, -0.2) is 4.79 Å². The van der Waals surface area contributed by atoms with Gasteiger partial charge in [0.2, 0.25) is 5.91 Å². The van der Waals surface area contributed by atoms with Gasteiger partial charge in [0.25, 0.3) is 11.6 Å². The average Bonchev–Trinajstić information content (AvgIpc) is 3.15. The number of fused-ring (bicyclic) bond motifs is 1. The van der Waals surface area contributed by atoms with Gasteiger partial charge in [-0.1, -0.05) is 30.8 Å². The standard InChI is InChI=1S/C28H31N3O7S/c1-5-29(6-2)26(33)20-9-7-8-10-21(20)39-25-16(3)23-22(17(4)32)27(34)30(23)24(25)28(35)38-15-18-11-13-19(14-12-18)31(36)37/h7-14,16-17,22-23,32H,5-6,15H2,1-4H3/t16?,17?,22?,23-/m1/s1. The second kappa shape index (κ2) is 11.6. The molecule has 2 aromatic rings. The zero-order valence-electron chi connectivity index (χ0n) is 22.2. The lowest BCUT2D eigenvalue weighted by Crippen LogP contribution is -2.63. The van der Waals surface area contributed by atoms with Gasteiger partial charge in [0.05, 0.1) is 28.6 Å². The average molecular weight is 554 g/mol. The molecule has 2 amide bonds. The number of hydrogen-bond donors (Lipinski definition) is 1. The van der Waals surface area contributed by atoms with Crippen LogP contribution in [0.3, 0.4) is 0 Å². The number of nitro benzene ring substituents is 1. The van der Waals surface area contributed by atoms with Crippen molar-refractivity contribution in [3.8, 4) is 0 Å². The minimum Gasteiger partial charge on any atom is -0.456 e. The number of carbonyl (C=O) groups is 3. The number of thioether (sulfide) groups is 1. The van der Waals surface area contributed by atoms with Crippen LogP contribution in [-0.2, 0) is 20.9 Å². The Morgan fingerprint density at radius 1 is 1.15 bits per heavy atom. The molecular formula is C28H31N3O7S. The molecule has 0 spiro atoms. The molecule has 0 radical (unpaired) electrons. The van der Waals surface area contributed by atoms with Gasteiger partial charge in [-0.3, -0.25) is 19.7 Å². The fourth-order valence-electron chi connectivity index (χ4n) is 5.11. The van der Waals surface area contributed by atoms with E-state index < -0.39 is 29.0 Å². The number of amides is 2. The van der Waals surface area contributed by atoms with Crippen molar-refractivity contribution in [1.29, 1.82) is 0 Å². The third-order valence-corrected chi connectivity index (χ3v) is 8.57. The molecule has 4 rings (SSSR count). The van der Waals surface area contributed by atoms with Crippen LogP contribution in [0, 0.1) is 22.0 Å². The molecule has 2 aliphatic rings. The molecular weight excluding hydrogens is 522 g/mol. The van der Waals surface area contributed by atoms with Gasteiger partial charge in [-0.2, -0.15) is 0 Å². The third-order valence-electron chi connectivity index (χ3n) is 7.21. The quantitative estimate of drug-likeness (QED) is 0.202. The summed E-state index contributed by atoms with van der Waals surface area (Å²) in [6, 6.07) is 12.4. The second-order valence-electron chi connectivity index (χ2n) is 9.54. The summed E-state index contributed by atoms with van der Waals surface area (Å²) in [4.78, 5) is 54.5. The number of carbonyl (C=O) groups excluding carboxylic acids is 3.